The molecule has 1 fully saturated rings. The summed E-state index contributed by atoms with van der Waals surface area (Å²) in [4.78, 5) is 11.8. The van der Waals surface area contributed by atoms with Crippen LogP contribution in [0.1, 0.15) is 17.5 Å². The largest absolute Gasteiger partial charge is 0.484 e. The first-order chi connectivity index (χ1) is 11.8. The minimum atomic E-state index is -0.0877. The Balaban J connectivity index is 1.41. The molecule has 1 unspecified atom stereocenters. The molecule has 1 aliphatic heterocycles. The summed E-state index contributed by atoms with van der Waals surface area (Å²) in [6, 6.07) is 18.2. The van der Waals surface area contributed by atoms with Gasteiger partial charge in [0.25, 0.3) is 5.91 Å². The molecule has 2 aromatic rings. The lowest BCUT2D eigenvalue weighted by Gasteiger charge is -2.10. The lowest BCUT2D eigenvalue weighted by Crippen LogP contribution is -2.33. The van der Waals surface area contributed by atoms with Crippen molar-refractivity contribution in [1.29, 1.82) is 0 Å². The number of hydrogen-bond acceptors (Lipinski definition) is 3. The molecule has 0 spiro atoms. The maximum absolute atomic E-state index is 11.8. The van der Waals surface area contributed by atoms with Crippen molar-refractivity contribution in [2.24, 2.45) is 5.92 Å². The van der Waals surface area contributed by atoms with E-state index in [0.717, 1.165) is 26.1 Å². The van der Waals surface area contributed by atoms with E-state index >= 15 is 0 Å². The zero-order valence-electron chi connectivity index (χ0n) is 13.7. The lowest BCUT2D eigenvalue weighted by molar-refractivity contribution is -0.123. The van der Waals surface area contributed by atoms with E-state index in [4.69, 9.17) is 9.47 Å². The summed E-state index contributed by atoms with van der Waals surface area (Å²) in [5.74, 6) is 1.06. The Morgan fingerprint density at radius 1 is 1.08 bits per heavy atom. The molecule has 4 nitrogen and oxygen atoms in total. The molecule has 1 aliphatic rings. The molecule has 24 heavy (non-hydrogen) atoms. The average Bonchev–Trinajstić information content (AvgIpc) is 3.14. The van der Waals surface area contributed by atoms with Crippen LogP contribution >= 0.6 is 0 Å². The molecule has 0 radical (unpaired) electrons. The van der Waals surface area contributed by atoms with Crippen molar-refractivity contribution in [3.8, 4) is 5.75 Å². The Morgan fingerprint density at radius 2 is 1.83 bits per heavy atom. The first kappa shape index (κ1) is 16.5. The van der Waals surface area contributed by atoms with Crippen LogP contribution in [0.25, 0.3) is 0 Å². The van der Waals surface area contributed by atoms with Gasteiger partial charge >= 0.3 is 0 Å². The summed E-state index contributed by atoms with van der Waals surface area (Å²) in [7, 11) is 0. The standard InChI is InChI=1S/C20H23NO3/c22-20(21-13-18-10-11-23-14-18)15-24-19-8-6-17(7-9-19)12-16-4-2-1-3-5-16/h1-9,18H,10-15H2,(H,21,22). The predicted molar refractivity (Wildman–Crippen MR) is 93.1 cm³/mol. The summed E-state index contributed by atoms with van der Waals surface area (Å²) in [5, 5.41) is 2.89. The summed E-state index contributed by atoms with van der Waals surface area (Å²) in [6.45, 7) is 2.25. The number of carbonyl (C=O) groups is 1. The molecule has 1 N–H and O–H groups in total. The smallest absolute Gasteiger partial charge is 0.257 e. The van der Waals surface area contributed by atoms with Gasteiger partial charge in [0.05, 0.1) is 6.61 Å². The molecule has 0 bridgehead atoms. The molecule has 1 amide bonds. The van der Waals surface area contributed by atoms with Gasteiger partial charge in [0, 0.05) is 19.1 Å². The van der Waals surface area contributed by atoms with E-state index in [-0.39, 0.29) is 12.5 Å². The number of ether oxygens (including phenoxy) is 2. The third-order valence-corrected chi connectivity index (χ3v) is 4.16. The zero-order chi connectivity index (χ0) is 16.6. The number of amides is 1. The Kier molecular flexibility index (Phi) is 5.85. The Hall–Kier alpha value is -2.33. The van der Waals surface area contributed by atoms with Crippen LogP contribution in [0.2, 0.25) is 0 Å². The quantitative estimate of drug-likeness (QED) is 0.851. The molecule has 126 valence electrons. The highest BCUT2D eigenvalue weighted by Crippen LogP contribution is 2.15. The molecule has 1 saturated heterocycles. The topological polar surface area (TPSA) is 47.6 Å². The van der Waals surface area contributed by atoms with Crippen molar-refractivity contribution in [1.82, 2.24) is 5.32 Å². The van der Waals surface area contributed by atoms with Crippen LogP contribution in [-0.4, -0.2) is 32.3 Å². The van der Waals surface area contributed by atoms with E-state index < -0.39 is 0 Å². The van der Waals surface area contributed by atoms with Crippen LogP contribution in [0.3, 0.4) is 0 Å². The molecular formula is C20H23NO3. The third kappa shape index (κ3) is 5.10. The number of rotatable bonds is 7. The van der Waals surface area contributed by atoms with Gasteiger partial charge in [-0.25, -0.2) is 0 Å². The van der Waals surface area contributed by atoms with Crippen molar-refractivity contribution < 1.29 is 14.3 Å². The van der Waals surface area contributed by atoms with Gasteiger partial charge in [-0.15, -0.1) is 0 Å². The molecular weight excluding hydrogens is 302 g/mol. The molecule has 0 saturated carbocycles. The van der Waals surface area contributed by atoms with Gasteiger partial charge in [0.1, 0.15) is 5.75 Å². The number of benzene rings is 2. The van der Waals surface area contributed by atoms with Gasteiger partial charge in [-0.2, -0.15) is 0 Å². The van der Waals surface area contributed by atoms with Crippen LogP contribution in [0, 0.1) is 5.92 Å². The van der Waals surface area contributed by atoms with Gasteiger partial charge in [-0.05, 0) is 36.1 Å². The number of nitrogens with one attached hydrogen (secondary N) is 1. The molecule has 0 aliphatic carbocycles. The first-order valence-electron chi connectivity index (χ1n) is 8.40. The minimum Gasteiger partial charge on any atom is -0.484 e. The summed E-state index contributed by atoms with van der Waals surface area (Å²) in [5.41, 5.74) is 2.50. The van der Waals surface area contributed by atoms with Crippen molar-refractivity contribution in [3.05, 3.63) is 65.7 Å². The van der Waals surface area contributed by atoms with Crippen molar-refractivity contribution in [3.63, 3.8) is 0 Å². The molecule has 1 heterocycles. The fourth-order valence-electron chi connectivity index (χ4n) is 2.74. The highest BCUT2D eigenvalue weighted by atomic mass is 16.5. The van der Waals surface area contributed by atoms with E-state index in [1.165, 1.54) is 11.1 Å². The van der Waals surface area contributed by atoms with Crippen LogP contribution in [0.5, 0.6) is 5.75 Å². The summed E-state index contributed by atoms with van der Waals surface area (Å²) < 4.78 is 10.8. The minimum absolute atomic E-state index is 0.0472. The summed E-state index contributed by atoms with van der Waals surface area (Å²) in [6.07, 6.45) is 1.91. The van der Waals surface area contributed by atoms with Gasteiger partial charge in [0.15, 0.2) is 6.61 Å². The Bertz CT molecular complexity index is 634. The lowest BCUT2D eigenvalue weighted by atomic mass is 10.1. The molecule has 2 aromatic carbocycles. The second-order valence-electron chi connectivity index (χ2n) is 6.13. The molecule has 0 aromatic heterocycles. The molecule has 3 rings (SSSR count). The fraction of sp³-hybridized carbons (Fsp3) is 0.350. The molecule has 4 heteroatoms. The predicted octanol–water partition coefficient (Wildman–Crippen LogP) is 2.81. The second kappa shape index (κ2) is 8.50. The highest BCUT2D eigenvalue weighted by molar-refractivity contribution is 5.77. The average molecular weight is 325 g/mol. The maximum Gasteiger partial charge on any atom is 0.257 e. The highest BCUT2D eigenvalue weighted by Gasteiger charge is 2.16. The maximum atomic E-state index is 11.8. The van der Waals surface area contributed by atoms with Gasteiger partial charge in [-0.3, -0.25) is 4.79 Å². The van der Waals surface area contributed by atoms with Crippen LogP contribution in [0.4, 0.5) is 0 Å². The first-order valence-corrected chi connectivity index (χ1v) is 8.40. The van der Waals surface area contributed by atoms with E-state index in [2.05, 4.69) is 17.4 Å². The van der Waals surface area contributed by atoms with E-state index in [9.17, 15) is 4.79 Å². The van der Waals surface area contributed by atoms with Crippen LogP contribution in [0.15, 0.2) is 54.6 Å². The van der Waals surface area contributed by atoms with Crippen LogP contribution < -0.4 is 10.1 Å². The van der Waals surface area contributed by atoms with Gasteiger partial charge in [-0.1, -0.05) is 42.5 Å². The zero-order valence-corrected chi connectivity index (χ0v) is 13.7. The Labute approximate surface area is 142 Å². The molecule has 1 atom stereocenters. The Morgan fingerprint density at radius 3 is 2.54 bits per heavy atom. The van der Waals surface area contributed by atoms with E-state index in [1.54, 1.807) is 0 Å². The van der Waals surface area contributed by atoms with Crippen molar-refractivity contribution >= 4 is 5.91 Å². The normalized spacial score (nSPS) is 16.8. The van der Waals surface area contributed by atoms with Gasteiger partial charge < -0.3 is 14.8 Å². The fourth-order valence-corrected chi connectivity index (χ4v) is 2.74. The second-order valence-corrected chi connectivity index (χ2v) is 6.13. The van der Waals surface area contributed by atoms with E-state index in [0.29, 0.717) is 18.2 Å². The summed E-state index contributed by atoms with van der Waals surface area (Å²) >= 11 is 0. The number of hydrogen-bond donors (Lipinski definition) is 1. The van der Waals surface area contributed by atoms with Crippen molar-refractivity contribution in [2.45, 2.75) is 12.8 Å². The SMILES string of the molecule is O=C(COc1ccc(Cc2ccccc2)cc1)NCC1CCOC1. The number of carbonyl (C=O) groups excluding carboxylic acids is 1. The van der Waals surface area contributed by atoms with Gasteiger partial charge in [0.2, 0.25) is 0 Å². The monoisotopic (exact) mass is 325 g/mol. The van der Waals surface area contributed by atoms with Crippen LogP contribution in [-0.2, 0) is 16.0 Å². The third-order valence-electron chi connectivity index (χ3n) is 4.16. The van der Waals surface area contributed by atoms with E-state index in [1.807, 2.05) is 42.5 Å². The van der Waals surface area contributed by atoms with Crippen molar-refractivity contribution in [2.75, 3.05) is 26.4 Å².